The average molecular weight is 485 g/mol. The van der Waals surface area contributed by atoms with Crippen molar-refractivity contribution in [1.82, 2.24) is 0 Å². The van der Waals surface area contributed by atoms with Crippen molar-refractivity contribution in [3.05, 3.63) is 71.8 Å². The van der Waals surface area contributed by atoms with E-state index in [-0.39, 0.29) is 6.10 Å². The van der Waals surface area contributed by atoms with Gasteiger partial charge in [0.2, 0.25) is 5.60 Å². The summed E-state index contributed by atoms with van der Waals surface area (Å²) >= 11 is 0. The number of nitrogens with zero attached hydrogens (tertiary/aromatic N) is 1. The second kappa shape index (κ2) is 9.10. The molecule has 3 saturated heterocycles. The monoisotopic (exact) mass is 484 g/mol. The molecule has 3 aliphatic heterocycles. The summed E-state index contributed by atoms with van der Waals surface area (Å²) in [7, 11) is -3.50. The van der Waals surface area contributed by atoms with Gasteiger partial charge in [0.05, 0.1) is 25.2 Å². The zero-order valence-corrected chi connectivity index (χ0v) is 20.6. The third-order valence-electron chi connectivity index (χ3n) is 8.17. The first-order chi connectivity index (χ1) is 16.3. The van der Waals surface area contributed by atoms with Crippen molar-refractivity contribution in [3.63, 3.8) is 0 Å². The molecule has 3 fully saturated rings. The third kappa shape index (κ3) is 4.18. The molecule has 2 unspecified atom stereocenters. The van der Waals surface area contributed by atoms with E-state index < -0.39 is 27.3 Å². The van der Waals surface area contributed by atoms with E-state index in [1.54, 1.807) is 24.3 Å². The van der Waals surface area contributed by atoms with E-state index in [0.717, 1.165) is 19.1 Å². The van der Waals surface area contributed by atoms with E-state index in [2.05, 4.69) is 0 Å². The number of hydrogen-bond acceptors (Lipinski definition) is 5. The number of hydrogen-bond donors (Lipinski definition) is 0. The van der Waals surface area contributed by atoms with E-state index in [9.17, 15) is 13.2 Å². The number of piperidine rings is 1. The number of ether oxygens (including phenoxy) is 2. The highest BCUT2D eigenvalue weighted by atomic mass is 32.2. The minimum Gasteiger partial charge on any atom is -0.459 e. The van der Waals surface area contributed by atoms with Gasteiger partial charge < -0.3 is 14.0 Å². The molecule has 5 rings (SSSR count). The Morgan fingerprint density at radius 2 is 1.41 bits per heavy atom. The van der Waals surface area contributed by atoms with Crippen LogP contribution in [-0.2, 0) is 29.7 Å². The lowest BCUT2D eigenvalue weighted by Crippen LogP contribution is -2.60. The lowest BCUT2D eigenvalue weighted by Gasteiger charge is -2.47. The Hall–Kier alpha value is -2.22. The molecule has 2 bridgehead atoms. The number of carbonyl (C=O) groups excluding carboxylic acids is 1. The van der Waals surface area contributed by atoms with Crippen molar-refractivity contribution < 1.29 is 27.2 Å². The zero-order chi connectivity index (χ0) is 23.8. The van der Waals surface area contributed by atoms with Crippen molar-refractivity contribution >= 4 is 15.8 Å². The molecule has 7 heteroatoms. The molecule has 1 spiro atoms. The highest BCUT2D eigenvalue weighted by Crippen LogP contribution is 2.47. The molecule has 0 aromatic heterocycles. The normalized spacial score (nSPS) is 26.0. The standard InChI is InChI=1S/C27H34NO5S/c1-34(30,31)20-32-27(21-10-4-2-5-11-21,22-12-6-3-7-13-22)26(29)33-25-18-23-14-15-24(19-25)28(23)16-8-9-17-28/h2-7,10-13,23-25H,8-9,14-20H2,1H3/q+1. The molecular formula is C27H34NO5S+. The van der Waals surface area contributed by atoms with Crippen LogP contribution in [0, 0.1) is 0 Å². The molecule has 3 aliphatic rings. The van der Waals surface area contributed by atoms with Crippen LogP contribution in [0.4, 0.5) is 0 Å². The van der Waals surface area contributed by atoms with Gasteiger partial charge in [-0.1, -0.05) is 60.7 Å². The number of quaternary nitrogens is 1. The van der Waals surface area contributed by atoms with Crippen molar-refractivity contribution in [2.45, 2.75) is 62.3 Å². The van der Waals surface area contributed by atoms with E-state index >= 15 is 0 Å². The Bertz CT molecular complexity index is 1060. The highest BCUT2D eigenvalue weighted by Gasteiger charge is 2.57. The predicted octanol–water partition coefficient (Wildman–Crippen LogP) is 3.80. The van der Waals surface area contributed by atoms with Crippen LogP contribution in [-0.4, -0.2) is 62.3 Å². The van der Waals surface area contributed by atoms with Crippen LogP contribution in [0.15, 0.2) is 60.7 Å². The Morgan fingerprint density at radius 3 is 1.88 bits per heavy atom. The second-order valence-corrected chi connectivity index (χ2v) is 12.3. The van der Waals surface area contributed by atoms with Gasteiger partial charge >= 0.3 is 5.97 Å². The second-order valence-electron chi connectivity index (χ2n) is 10.2. The van der Waals surface area contributed by atoms with Gasteiger partial charge in [0.15, 0.2) is 15.8 Å². The van der Waals surface area contributed by atoms with Gasteiger partial charge in [-0.25, -0.2) is 13.2 Å². The first kappa shape index (κ1) is 23.5. The molecule has 2 aromatic rings. The van der Waals surface area contributed by atoms with E-state index in [1.165, 1.54) is 43.3 Å². The molecule has 2 atom stereocenters. The first-order valence-electron chi connectivity index (χ1n) is 12.3. The van der Waals surface area contributed by atoms with Crippen LogP contribution in [0.3, 0.4) is 0 Å². The summed E-state index contributed by atoms with van der Waals surface area (Å²) in [5.74, 6) is -1.12. The molecule has 0 N–H and O–H groups in total. The van der Waals surface area contributed by atoms with Crippen LogP contribution >= 0.6 is 0 Å². The lowest BCUT2D eigenvalue weighted by molar-refractivity contribution is -0.956. The van der Waals surface area contributed by atoms with Crippen molar-refractivity contribution in [3.8, 4) is 0 Å². The summed E-state index contributed by atoms with van der Waals surface area (Å²) < 4.78 is 37.8. The summed E-state index contributed by atoms with van der Waals surface area (Å²) in [5, 5.41) is 0. The maximum atomic E-state index is 14.1. The van der Waals surface area contributed by atoms with Crippen LogP contribution in [0.5, 0.6) is 0 Å². The van der Waals surface area contributed by atoms with Crippen molar-refractivity contribution in [1.29, 1.82) is 0 Å². The molecule has 0 amide bonds. The van der Waals surface area contributed by atoms with Crippen LogP contribution in [0.1, 0.15) is 49.7 Å². The topological polar surface area (TPSA) is 69.7 Å². The SMILES string of the molecule is CS(=O)(=O)COC(C(=O)OC1CC2CCC(C1)[N+]21CCCC1)(c1ccccc1)c1ccccc1. The zero-order valence-electron chi connectivity index (χ0n) is 19.8. The van der Waals surface area contributed by atoms with Crippen LogP contribution in [0.2, 0.25) is 0 Å². The van der Waals surface area contributed by atoms with Crippen molar-refractivity contribution in [2.75, 3.05) is 25.3 Å². The number of rotatable bonds is 7. The van der Waals surface area contributed by atoms with Gasteiger partial charge in [0, 0.05) is 44.8 Å². The van der Waals surface area contributed by atoms with Crippen LogP contribution in [0.25, 0.3) is 0 Å². The fourth-order valence-electron chi connectivity index (χ4n) is 6.71. The minimum atomic E-state index is -3.50. The molecule has 0 saturated carbocycles. The van der Waals surface area contributed by atoms with Gasteiger partial charge in [-0.05, 0) is 11.1 Å². The number of esters is 1. The minimum absolute atomic E-state index is 0.178. The number of sulfone groups is 1. The van der Waals surface area contributed by atoms with Gasteiger partial charge in [-0.2, -0.15) is 0 Å². The molecule has 0 radical (unpaired) electrons. The summed E-state index contributed by atoms with van der Waals surface area (Å²) in [5.41, 5.74) is -0.518. The molecule has 2 aromatic carbocycles. The largest absolute Gasteiger partial charge is 0.459 e. The Balaban J connectivity index is 1.48. The predicted molar refractivity (Wildman–Crippen MR) is 130 cm³/mol. The van der Waals surface area contributed by atoms with E-state index in [0.29, 0.717) is 23.2 Å². The van der Waals surface area contributed by atoms with Gasteiger partial charge in [-0.3, -0.25) is 0 Å². The fraction of sp³-hybridized carbons (Fsp3) is 0.519. The molecule has 182 valence electrons. The van der Waals surface area contributed by atoms with Gasteiger partial charge in [-0.15, -0.1) is 0 Å². The van der Waals surface area contributed by atoms with Gasteiger partial charge in [0.25, 0.3) is 0 Å². The quantitative estimate of drug-likeness (QED) is 0.442. The lowest BCUT2D eigenvalue weighted by atomic mass is 9.85. The summed E-state index contributed by atoms with van der Waals surface area (Å²) in [6, 6.07) is 19.3. The van der Waals surface area contributed by atoms with Gasteiger partial charge in [0.1, 0.15) is 6.10 Å². The van der Waals surface area contributed by atoms with Crippen molar-refractivity contribution in [2.24, 2.45) is 0 Å². The molecular weight excluding hydrogens is 450 g/mol. The van der Waals surface area contributed by atoms with E-state index in [4.69, 9.17) is 9.47 Å². The average Bonchev–Trinajstić information content (AvgIpc) is 3.37. The Labute approximate surface area is 202 Å². The first-order valence-corrected chi connectivity index (χ1v) is 14.4. The molecule has 34 heavy (non-hydrogen) atoms. The van der Waals surface area contributed by atoms with E-state index in [1.807, 2.05) is 36.4 Å². The fourth-order valence-corrected chi connectivity index (χ4v) is 7.10. The Morgan fingerprint density at radius 1 is 0.912 bits per heavy atom. The summed E-state index contributed by atoms with van der Waals surface area (Å²) in [6.45, 7) is 2.51. The Kier molecular flexibility index (Phi) is 6.29. The summed E-state index contributed by atoms with van der Waals surface area (Å²) in [6.07, 6.45) is 7.66. The highest BCUT2D eigenvalue weighted by molar-refractivity contribution is 7.90. The number of benzene rings is 2. The maximum absolute atomic E-state index is 14.1. The maximum Gasteiger partial charge on any atom is 0.348 e. The molecule has 3 heterocycles. The summed E-state index contributed by atoms with van der Waals surface area (Å²) in [4.78, 5) is 14.1. The molecule has 0 aliphatic carbocycles. The molecule has 6 nitrogen and oxygen atoms in total. The van der Waals surface area contributed by atoms with Crippen LogP contribution < -0.4 is 0 Å². The third-order valence-corrected chi connectivity index (χ3v) is 8.71. The smallest absolute Gasteiger partial charge is 0.348 e. The number of carbonyl (C=O) groups is 1.